The SMILES string of the molecule is Cc1c(C)c(C)c(S(=O)(=O)NCCC(=O)Nc2cccc(S(C)(=O)=O)c2)c(C)c1C. The van der Waals surface area contributed by atoms with Crippen molar-refractivity contribution >= 4 is 31.5 Å². The highest BCUT2D eigenvalue weighted by molar-refractivity contribution is 7.90. The van der Waals surface area contributed by atoms with Crippen molar-refractivity contribution in [3.05, 3.63) is 52.1 Å². The Morgan fingerprint density at radius 3 is 1.93 bits per heavy atom. The zero-order chi connectivity index (χ0) is 22.9. The third-order valence-electron chi connectivity index (χ3n) is 5.39. The molecule has 0 spiro atoms. The minimum absolute atomic E-state index is 0.0786. The molecule has 0 aliphatic carbocycles. The van der Waals surface area contributed by atoms with Gasteiger partial charge in [0.1, 0.15) is 0 Å². The molecule has 9 heteroatoms. The summed E-state index contributed by atoms with van der Waals surface area (Å²) in [5.41, 5.74) is 4.67. The van der Waals surface area contributed by atoms with Gasteiger partial charge in [-0.05, 0) is 80.6 Å². The van der Waals surface area contributed by atoms with Crippen LogP contribution in [0.4, 0.5) is 5.69 Å². The monoisotopic (exact) mass is 452 g/mol. The molecular formula is C21H28N2O5S2. The number of anilines is 1. The summed E-state index contributed by atoms with van der Waals surface area (Å²) in [5, 5.41) is 2.59. The Bertz CT molecular complexity index is 1170. The first-order valence-electron chi connectivity index (χ1n) is 9.42. The predicted molar refractivity (Wildman–Crippen MR) is 118 cm³/mol. The summed E-state index contributed by atoms with van der Waals surface area (Å²) in [5.74, 6) is -0.423. The summed E-state index contributed by atoms with van der Waals surface area (Å²) < 4.78 is 51.5. The lowest BCUT2D eigenvalue weighted by molar-refractivity contribution is -0.116. The van der Waals surface area contributed by atoms with Gasteiger partial charge in [0.25, 0.3) is 0 Å². The number of rotatable bonds is 7. The van der Waals surface area contributed by atoms with E-state index in [2.05, 4.69) is 10.0 Å². The lowest BCUT2D eigenvalue weighted by Crippen LogP contribution is -2.29. The Kier molecular flexibility index (Phi) is 7.11. The molecule has 0 saturated carbocycles. The highest BCUT2D eigenvalue weighted by atomic mass is 32.2. The number of carbonyl (C=O) groups is 1. The van der Waals surface area contributed by atoms with E-state index in [1.807, 2.05) is 20.8 Å². The van der Waals surface area contributed by atoms with E-state index >= 15 is 0 Å². The van der Waals surface area contributed by atoms with Gasteiger partial charge in [0.2, 0.25) is 15.9 Å². The molecule has 2 rings (SSSR count). The number of carbonyl (C=O) groups excluding carboxylic acids is 1. The fraction of sp³-hybridized carbons (Fsp3) is 0.381. The van der Waals surface area contributed by atoms with Gasteiger partial charge in [0.05, 0.1) is 9.79 Å². The molecule has 0 aliphatic rings. The van der Waals surface area contributed by atoms with Crippen LogP contribution in [0.1, 0.15) is 34.2 Å². The van der Waals surface area contributed by atoms with Crippen LogP contribution in [0.2, 0.25) is 0 Å². The largest absolute Gasteiger partial charge is 0.326 e. The van der Waals surface area contributed by atoms with E-state index in [9.17, 15) is 21.6 Å². The van der Waals surface area contributed by atoms with E-state index < -0.39 is 25.8 Å². The van der Waals surface area contributed by atoms with Crippen LogP contribution in [0.25, 0.3) is 0 Å². The maximum Gasteiger partial charge on any atom is 0.241 e. The van der Waals surface area contributed by atoms with Crippen molar-refractivity contribution in [3.63, 3.8) is 0 Å². The Balaban J connectivity index is 2.09. The Hall–Kier alpha value is -2.23. The van der Waals surface area contributed by atoms with E-state index in [1.165, 1.54) is 18.2 Å². The second-order valence-corrected chi connectivity index (χ2v) is 11.2. The second kappa shape index (κ2) is 8.87. The average molecular weight is 453 g/mol. The highest BCUT2D eigenvalue weighted by Crippen LogP contribution is 2.29. The third-order valence-corrected chi connectivity index (χ3v) is 8.23. The Morgan fingerprint density at radius 1 is 0.867 bits per heavy atom. The normalized spacial score (nSPS) is 12.1. The summed E-state index contributed by atoms with van der Waals surface area (Å²) in [6, 6.07) is 5.90. The number of nitrogens with one attached hydrogen (secondary N) is 2. The lowest BCUT2D eigenvalue weighted by Gasteiger charge is -2.19. The van der Waals surface area contributed by atoms with Crippen LogP contribution in [-0.4, -0.2) is 35.5 Å². The number of hydrogen-bond acceptors (Lipinski definition) is 5. The number of benzene rings is 2. The zero-order valence-electron chi connectivity index (χ0n) is 18.1. The fourth-order valence-corrected chi connectivity index (χ4v) is 5.56. The molecule has 164 valence electrons. The van der Waals surface area contributed by atoms with Gasteiger partial charge in [0.15, 0.2) is 9.84 Å². The van der Waals surface area contributed by atoms with Gasteiger partial charge in [-0.15, -0.1) is 0 Å². The highest BCUT2D eigenvalue weighted by Gasteiger charge is 2.23. The molecule has 2 aromatic carbocycles. The molecule has 0 radical (unpaired) electrons. The molecule has 0 atom stereocenters. The zero-order valence-corrected chi connectivity index (χ0v) is 19.7. The van der Waals surface area contributed by atoms with Crippen LogP contribution in [0.3, 0.4) is 0 Å². The molecule has 0 saturated heterocycles. The van der Waals surface area contributed by atoms with Gasteiger partial charge in [-0.25, -0.2) is 21.6 Å². The van der Waals surface area contributed by atoms with Crippen LogP contribution in [0.5, 0.6) is 0 Å². The summed E-state index contributed by atoms with van der Waals surface area (Å²) >= 11 is 0. The molecule has 0 aromatic heterocycles. The van der Waals surface area contributed by atoms with Gasteiger partial charge in [0, 0.05) is 24.9 Å². The van der Waals surface area contributed by atoms with E-state index in [4.69, 9.17) is 0 Å². The first-order valence-corrected chi connectivity index (χ1v) is 12.8. The van der Waals surface area contributed by atoms with Crippen molar-refractivity contribution in [3.8, 4) is 0 Å². The van der Waals surface area contributed by atoms with Crippen LogP contribution in [0, 0.1) is 34.6 Å². The number of amides is 1. The minimum Gasteiger partial charge on any atom is -0.326 e. The summed E-state index contributed by atoms with van der Waals surface area (Å²) in [6.45, 7) is 9.25. The minimum atomic E-state index is -3.79. The van der Waals surface area contributed by atoms with Gasteiger partial charge in [-0.3, -0.25) is 4.79 Å². The standard InChI is InChI=1S/C21H28N2O5S2/c1-13-14(2)16(4)21(17(5)15(13)3)30(27,28)22-11-10-20(24)23-18-8-7-9-19(12-18)29(6,25)26/h7-9,12,22H,10-11H2,1-6H3,(H,23,24). The molecule has 2 N–H and O–H groups in total. The second-order valence-electron chi connectivity index (χ2n) is 7.45. The number of hydrogen-bond donors (Lipinski definition) is 2. The summed E-state index contributed by atoms with van der Waals surface area (Å²) in [7, 11) is -7.18. The molecule has 2 aromatic rings. The Morgan fingerprint density at radius 2 is 1.40 bits per heavy atom. The van der Waals surface area contributed by atoms with Gasteiger partial charge in [-0.1, -0.05) is 6.07 Å². The maximum atomic E-state index is 12.9. The molecule has 1 amide bonds. The van der Waals surface area contributed by atoms with Crippen molar-refractivity contribution in [1.29, 1.82) is 0 Å². The first-order chi connectivity index (χ1) is 13.8. The smallest absolute Gasteiger partial charge is 0.241 e. The van der Waals surface area contributed by atoms with Crippen molar-refractivity contribution in [1.82, 2.24) is 4.72 Å². The molecule has 0 bridgehead atoms. The van der Waals surface area contributed by atoms with Crippen LogP contribution in [-0.2, 0) is 24.7 Å². The topological polar surface area (TPSA) is 109 Å². The van der Waals surface area contributed by atoms with E-state index in [0.29, 0.717) is 16.8 Å². The number of sulfonamides is 1. The van der Waals surface area contributed by atoms with Crippen LogP contribution >= 0.6 is 0 Å². The maximum absolute atomic E-state index is 12.9. The van der Waals surface area contributed by atoms with Crippen molar-refractivity contribution in [2.75, 3.05) is 18.1 Å². The molecular weight excluding hydrogens is 424 g/mol. The van der Waals surface area contributed by atoms with Crippen LogP contribution in [0.15, 0.2) is 34.1 Å². The lowest BCUT2D eigenvalue weighted by atomic mass is 9.95. The predicted octanol–water partition coefficient (Wildman–Crippen LogP) is 2.94. The summed E-state index contributed by atoms with van der Waals surface area (Å²) in [4.78, 5) is 12.5. The van der Waals surface area contributed by atoms with Crippen molar-refractivity contribution < 1.29 is 21.6 Å². The average Bonchev–Trinajstić information content (AvgIpc) is 2.64. The quantitative estimate of drug-likeness (QED) is 0.671. The van der Waals surface area contributed by atoms with E-state index in [1.54, 1.807) is 19.9 Å². The molecule has 0 fully saturated rings. The van der Waals surface area contributed by atoms with E-state index in [0.717, 1.165) is 22.9 Å². The van der Waals surface area contributed by atoms with Gasteiger partial charge in [-0.2, -0.15) is 0 Å². The van der Waals surface area contributed by atoms with E-state index in [-0.39, 0.29) is 22.8 Å². The van der Waals surface area contributed by atoms with Crippen molar-refractivity contribution in [2.24, 2.45) is 0 Å². The van der Waals surface area contributed by atoms with Gasteiger partial charge >= 0.3 is 0 Å². The third kappa shape index (κ3) is 5.27. The molecule has 7 nitrogen and oxygen atoms in total. The van der Waals surface area contributed by atoms with Crippen LogP contribution < -0.4 is 10.0 Å². The van der Waals surface area contributed by atoms with Gasteiger partial charge < -0.3 is 5.32 Å². The number of sulfone groups is 1. The Labute approximate surface area is 178 Å². The molecule has 0 heterocycles. The summed E-state index contributed by atoms with van der Waals surface area (Å²) in [6.07, 6.45) is 0.992. The molecule has 0 aliphatic heterocycles. The molecule has 0 unspecified atom stereocenters. The van der Waals surface area contributed by atoms with Crippen molar-refractivity contribution in [2.45, 2.75) is 50.8 Å². The first kappa shape index (κ1) is 24.0. The molecule has 30 heavy (non-hydrogen) atoms. The fourth-order valence-electron chi connectivity index (χ4n) is 3.27.